The first-order valence-corrected chi connectivity index (χ1v) is 7.94. The van der Waals surface area contributed by atoms with Crippen LogP contribution in [0.5, 0.6) is 5.75 Å². The number of ether oxygens (including phenoxy) is 1. The third kappa shape index (κ3) is 5.01. The minimum Gasteiger partial charge on any atom is -0.492 e. The second-order valence-electron chi connectivity index (χ2n) is 5.41. The van der Waals surface area contributed by atoms with Crippen LogP contribution in [0.2, 0.25) is 5.02 Å². The maximum Gasteiger partial charge on any atom is 0.240 e. The third-order valence-electron chi connectivity index (χ3n) is 2.31. The number of rotatable bonds is 5. The molecule has 1 aromatic carbocycles. The number of nitrogens with one attached hydrogen (secondary N) is 1. The summed E-state index contributed by atoms with van der Waals surface area (Å²) in [5.74, 6) is 0.485. The van der Waals surface area contributed by atoms with E-state index in [1.54, 1.807) is 6.07 Å². The highest BCUT2D eigenvalue weighted by atomic mass is 35.5. The van der Waals surface area contributed by atoms with Crippen molar-refractivity contribution in [1.29, 1.82) is 0 Å². The summed E-state index contributed by atoms with van der Waals surface area (Å²) in [7, 11) is -3.54. The van der Waals surface area contributed by atoms with Crippen LogP contribution in [0.25, 0.3) is 0 Å². The van der Waals surface area contributed by atoms with Gasteiger partial charge in [0.2, 0.25) is 10.0 Å². The van der Waals surface area contributed by atoms with E-state index in [1.807, 2.05) is 27.7 Å². The van der Waals surface area contributed by atoms with E-state index in [4.69, 9.17) is 16.3 Å². The first kappa shape index (κ1) is 16.3. The Hall–Kier alpha value is -0.780. The summed E-state index contributed by atoms with van der Waals surface area (Å²) in [4.78, 5) is 0.144. The molecule has 0 saturated heterocycles. The molecule has 0 aliphatic heterocycles. The summed E-state index contributed by atoms with van der Waals surface area (Å²) < 4.78 is 32.0. The molecule has 0 saturated carbocycles. The van der Waals surface area contributed by atoms with Crippen LogP contribution in [0.4, 0.5) is 0 Å². The lowest BCUT2D eigenvalue weighted by molar-refractivity contribution is 0.340. The van der Waals surface area contributed by atoms with Gasteiger partial charge in [-0.25, -0.2) is 13.1 Å². The molecular formula is C13H20ClNO3S. The van der Waals surface area contributed by atoms with E-state index < -0.39 is 10.0 Å². The summed E-state index contributed by atoms with van der Waals surface area (Å²) in [6, 6.07) is 4.46. The molecule has 1 N–H and O–H groups in total. The molecule has 0 aromatic heterocycles. The predicted octanol–water partition coefficient (Wildman–Crippen LogP) is 3.06. The van der Waals surface area contributed by atoms with Gasteiger partial charge in [-0.3, -0.25) is 0 Å². The molecule has 6 heteroatoms. The molecule has 19 heavy (non-hydrogen) atoms. The molecule has 0 bridgehead atoms. The van der Waals surface area contributed by atoms with Gasteiger partial charge < -0.3 is 4.74 Å². The van der Waals surface area contributed by atoms with Gasteiger partial charge in [-0.1, -0.05) is 32.4 Å². The van der Waals surface area contributed by atoms with E-state index in [-0.39, 0.29) is 10.3 Å². The lowest BCUT2D eigenvalue weighted by Gasteiger charge is -2.19. The van der Waals surface area contributed by atoms with Crippen LogP contribution in [0.3, 0.4) is 0 Å². The Morgan fingerprint density at radius 3 is 2.42 bits per heavy atom. The SMILES string of the molecule is CCOc1ccc(S(=O)(=O)NCC(C)(C)C)cc1Cl. The van der Waals surface area contributed by atoms with E-state index in [9.17, 15) is 8.42 Å². The molecule has 0 radical (unpaired) electrons. The van der Waals surface area contributed by atoms with Crippen LogP contribution in [-0.2, 0) is 10.0 Å². The van der Waals surface area contributed by atoms with E-state index in [2.05, 4.69) is 4.72 Å². The zero-order valence-electron chi connectivity index (χ0n) is 11.7. The molecule has 0 spiro atoms. The maximum absolute atomic E-state index is 12.1. The topological polar surface area (TPSA) is 55.4 Å². The smallest absolute Gasteiger partial charge is 0.240 e. The van der Waals surface area contributed by atoms with Gasteiger partial charge in [-0.2, -0.15) is 0 Å². The summed E-state index contributed by atoms with van der Waals surface area (Å²) in [6.07, 6.45) is 0. The van der Waals surface area contributed by atoms with E-state index in [0.29, 0.717) is 23.9 Å². The molecule has 1 aromatic rings. The number of halogens is 1. The van der Waals surface area contributed by atoms with Gasteiger partial charge in [0, 0.05) is 6.54 Å². The Morgan fingerprint density at radius 2 is 1.95 bits per heavy atom. The summed E-state index contributed by atoms with van der Waals surface area (Å²) in [5, 5.41) is 0.292. The Labute approximate surface area is 120 Å². The van der Waals surface area contributed by atoms with Gasteiger partial charge in [0.15, 0.2) is 0 Å². The Kier molecular flexibility index (Phi) is 5.24. The van der Waals surface area contributed by atoms with Gasteiger partial charge in [0.05, 0.1) is 16.5 Å². The number of hydrogen-bond donors (Lipinski definition) is 1. The molecule has 4 nitrogen and oxygen atoms in total. The Bertz CT molecular complexity index is 535. The summed E-state index contributed by atoms with van der Waals surface area (Å²) in [6.45, 7) is 8.56. The van der Waals surface area contributed by atoms with Crippen molar-refractivity contribution in [1.82, 2.24) is 4.72 Å². The average Bonchev–Trinajstić information content (AvgIpc) is 2.29. The van der Waals surface area contributed by atoms with Crippen LogP contribution in [-0.4, -0.2) is 21.6 Å². The molecule has 0 unspecified atom stereocenters. The monoisotopic (exact) mass is 305 g/mol. The van der Waals surface area contributed by atoms with E-state index >= 15 is 0 Å². The molecule has 0 aliphatic rings. The predicted molar refractivity (Wildman–Crippen MR) is 77.3 cm³/mol. The van der Waals surface area contributed by atoms with Gasteiger partial charge in [-0.15, -0.1) is 0 Å². The zero-order chi connectivity index (χ0) is 14.7. The summed E-state index contributed by atoms with van der Waals surface area (Å²) in [5.41, 5.74) is -0.123. The van der Waals surface area contributed by atoms with Crippen molar-refractivity contribution < 1.29 is 13.2 Å². The largest absolute Gasteiger partial charge is 0.492 e. The lowest BCUT2D eigenvalue weighted by Crippen LogP contribution is -2.32. The van der Waals surface area contributed by atoms with Gasteiger partial charge in [0.25, 0.3) is 0 Å². The first-order chi connectivity index (χ1) is 8.65. The minimum atomic E-state index is -3.54. The molecule has 0 amide bonds. The van der Waals surface area contributed by atoms with E-state index in [0.717, 1.165) is 0 Å². The van der Waals surface area contributed by atoms with Crippen molar-refractivity contribution >= 4 is 21.6 Å². The van der Waals surface area contributed by atoms with Crippen molar-refractivity contribution in [3.8, 4) is 5.75 Å². The van der Waals surface area contributed by atoms with Crippen molar-refractivity contribution in [3.05, 3.63) is 23.2 Å². The van der Waals surface area contributed by atoms with Crippen LogP contribution in [0, 0.1) is 5.41 Å². The van der Waals surface area contributed by atoms with Gasteiger partial charge >= 0.3 is 0 Å². The fourth-order valence-electron chi connectivity index (χ4n) is 1.32. The molecule has 0 aliphatic carbocycles. The molecule has 0 atom stereocenters. The molecule has 1 rings (SSSR count). The average molecular weight is 306 g/mol. The van der Waals surface area contributed by atoms with Crippen molar-refractivity contribution in [2.24, 2.45) is 5.41 Å². The summed E-state index contributed by atoms with van der Waals surface area (Å²) >= 11 is 5.99. The van der Waals surface area contributed by atoms with Crippen molar-refractivity contribution in [2.75, 3.05) is 13.2 Å². The first-order valence-electron chi connectivity index (χ1n) is 6.08. The van der Waals surface area contributed by atoms with Gasteiger partial charge in [0.1, 0.15) is 5.75 Å². The normalized spacial score (nSPS) is 12.5. The van der Waals surface area contributed by atoms with Crippen molar-refractivity contribution in [2.45, 2.75) is 32.6 Å². The lowest BCUT2D eigenvalue weighted by atomic mass is 9.98. The van der Waals surface area contributed by atoms with Crippen molar-refractivity contribution in [3.63, 3.8) is 0 Å². The number of benzene rings is 1. The standard InChI is InChI=1S/C13H20ClNO3S/c1-5-18-12-7-6-10(8-11(12)14)19(16,17)15-9-13(2,3)4/h6-8,15H,5,9H2,1-4H3. The molecule has 108 valence electrons. The van der Waals surface area contributed by atoms with Crippen LogP contribution < -0.4 is 9.46 Å². The Morgan fingerprint density at radius 1 is 1.32 bits per heavy atom. The van der Waals surface area contributed by atoms with Crippen LogP contribution >= 0.6 is 11.6 Å². The zero-order valence-corrected chi connectivity index (χ0v) is 13.2. The second-order valence-corrected chi connectivity index (χ2v) is 7.58. The third-order valence-corrected chi connectivity index (χ3v) is 4.00. The molecule has 0 fully saturated rings. The maximum atomic E-state index is 12.1. The second kappa shape index (κ2) is 6.11. The molecule has 0 heterocycles. The van der Waals surface area contributed by atoms with E-state index in [1.165, 1.54) is 12.1 Å². The minimum absolute atomic E-state index is 0.123. The highest BCUT2D eigenvalue weighted by Gasteiger charge is 2.19. The van der Waals surface area contributed by atoms with Crippen LogP contribution in [0.15, 0.2) is 23.1 Å². The highest BCUT2D eigenvalue weighted by molar-refractivity contribution is 7.89. The fourth-order valence-corrected chi connectivity index (χ4v) is 2.93. The number of hydrogen-bond acceptors (Lipinski definition) is 3. The fraction of sp³-hybridized carbons (Fsp3) is 0.538. The molecular weight excluding hydrogens is 286 g/mol. The van der Waals surface area contributed by atoms with Crippen LogP contribution in [0.1, 0.15) is 27.7 Å². The van der Waals surface area contributed by atoms with Gasteiger partial charge in [-0.05, 0) is 30.5 Å². The Balaban J connectivity index is 2.93. The quantitative estimate of drug-likeness (QED) is 0.909. The highest BCUT2D eigenvalue weighted by Crippen LogP contribution is 2.27. The number of sulfonamides is 1.